The molecule has 15 heavy (non-hydrogen) atoms. The molecule has 0 aromatic heterocycles. The van der Waals surface area contributed by atoms with E-state index in [-0.39, 0.29) is 11.9 Å². The quantitative estimate of drug-likeness (QED) is 0.792. The highest BCUT2D eigenvalue weighted by atomic mass is 19.1. The van der Waals surface area contributed by atoms with E-state index >= 15 is 0 Å². The van der Waals surface area contributed by atoms with Crippen molar-refractivity contribution in [2.24, 2.45) is 0 Å². The monoisotopic (exact) mass is 208 g/mol. The van der Waals surface area contributed by atoms with Crippen LogP contribution in [-0.4, -0.2) is 19.6 Å². The Kier molecular flexibility index (Phi) is 3.34. The SMILES string of the molecule is CNC(c1cccc(F)c1)C1CCCN1. The van der Waals surface area contributed by atoms with E-state index in [9.17, 15) is 4.39 Å². The summed E-state index contributed by atoms with van der Waals surface area (Å²) in [5, 5.41) is 6.70. The van der Waals surface area contributed by atoms with Gasteiger partial charge in [0.25, 0.3) is 0 Å². The van der Waals surface area contributed by atoms with Crippen LogP contribution in [0.2, 0.25) is 0 Å². The third kappa shape index (κ3) is 2.36. The summed E-state index contributed by atoms with van der Waals surface area (Å²) in [7, 11) is 1.93. The number of hydrogen-bond donors (Lipinski definition) is 2. The first-order chi connectivity index (χ1) is 7.31. The minimum absolute atomic E-state index is 0.161. The highest BCUT2D eigenvalue weighted by Crippen LogP contribution is 2.23. The van der Waals surface area contributed by atoms with Crippen molar-refractivity contribution < 1.29 is 4.39 Å². The molecule has 2 unspecified atom stereocenters. The number of benzene rings is 1. The maximum absolute atomic E-state index is 13.1. The molecule has 1 aliphatic rings. The van der Waals surface area contributed by atoms with E-state index in [2.05, 4.69) is 10.6 Å². The average Bonchev–Trinajstić information content (AvgIpc) is 2.72. The Morgan fingerprint density at radius 2 is 2.40 bits per heavy atom. The molecule has 1 heterocycles. The van der Waals surface area contributed by atoms with Gasteiger partial charge < -0.3 is 10.6 Å². The topological polar surface area (TPSA) is 24.1 Å². The van der Waals surface area contributed by atoms with Gasteiger partial charge in [0.2, 0.25) is 0 Å². The van der Waals surface area contributed by atoms with Gasteiger partial charge in [-0.05, 0) is 44.1 Å². The Bertz CT molecular complexity index is 321. The number of hydrogen-bond acceptors (Lipinski definition) is 2. The molecule has 0 spiro atoms. The van der Waals surface area contributed by atoms with Crippen molar-refractivity contribution in [2.45, 2.75) is 24.9 Å². The molecule has 0 saturated carbocycles. The predicted octanol–water partition coefficient (Wildman–Crippen LogP) is 1.84. The van der Waals surface area contributed by atoms with Crippen molar-refractivity contribution in [2.75, 3.05) is 13.6 Å². The lowest BCUT2D eigenvalue weighted by molar-refractivity contribution is 0.438. The highest BCUT2D eigenvalue weighted by molar-refractivity contribution is 5.22. The van der Waals surface area contributed by atoms with Crippen LogP contribution in [0.25, 0.3) is 0 Å². The molecule has 0 amide bonds. The van der Waals surface area contributed by atoms with Crippen LogP contribution >= 0.6 is 0 Å². The van der Waals surface area contributed by atoms with Crippen molar-refractivity contribution in [1.82, 2.24) is 10.6 Å². The molecule has 2 N–H and O–H groups in total. The zero-order chi connectivity index (χ0) is 10.7. The molecular weight excluding hydrogens is 191 g/mol. The van der Waals surface area contributed by atoms with Gasteiger partial charge in [-0.15, -0.1) is 0 Å². The van der Waals surface area contributed by atoms with Crippen molar-refractivity contribution in [3.8, 4) is 0 Å². The van der Waals surface area contributed by atoms with Gasteiger partial charge in [0.15, 0.2) is 0 Å². The summed E-state index contributed by atoms with van der Waals surface area (Å²) >= 11 is 0. The first kappa shape index (κ1) is 10.6. The number of halogens is 1. The number of rotatable bonds is 3. The van der Waals surface area contributed by atoms with Crippen molar-refractivity contribution >= 4 is 0 Å². The summed E-state index contributed by atoms with van der Waals surface area (Å²) in [5.74, 6) is -0.161. The Morgan fingerprint density at radius 1 is 1.53 bits per heavy atom. The van der Waals surface area contributed by atoms with Crippen LogP contribution in [0.1, 0.15) is 24.4 Å². The Hall–Kier alpha value is -0.930. The van der Waals surface area contributed by atoms with Gasteiger partial charge in [0.1, 0.15) is 5.82 Å². The summed E-state index contributed by atoms with van der Waals surface area (Å²) in [6, 6.07) is 7.48. The van der Waals surface area contributed by atoms with E-state index in [0.717, 1.165) is 18.5 Å². The van der Waals surface area contributed by atoms with Crippen LogP contribution in [0.4, 0.5) is 4.39 Å². The van der Waals surface area contributed by atoms with E-state index in [1.807, 2.05) is 13.1 Å². The van der Waals surface area contributed by atoms with E-state index in [1.165, 1.54) is 12.5 Å². The smallest absolute Gasteiger partial charge is 0.123 e. The molecule has 1 saturated heterocycles. The van der Waals surface area contributed by atoms with E-state index in [1.54, 1.807) is 12.1 Å². The van der Waals surface area contributed by atoms with Crippen LogP contribution in [0.3, 0.4) is 0 Å². The van der Waals surface area contributed by atoms with Crippen LogP contribution in [0.15, 0.2) is 24.3 Å². The lowest BCUT2D eigenvalue weighted by atomic mass is 9.98. The predicted molar refractivity (Wildman–Crippen MR) is 59.2 cm³/mol. The van der Waals surface area contributed by atoms with E-state index in [0.29, 0.717) is 6.04 Å². The van der Waals surface area contributed by atoms with Crippen molar-refractivity contribution in [1.29, 1.82) is 0 Å². The van der Waals surface area contributed by atoms with E-state index < -0.39 is 0 Å². The van der Waals surface area contributed by atoms with Gasteiger partial charge in [-0.1, -0.05) is 12.1 Å². The molecule has 82 valence electrons. The van der Waals surface area contributed by atoms with Gasteiger partial charge in [0, 0.05) is 12.1 Å². The summed E-state index contributed by atoms with van der Waals surface area (Å²) in [6.45, 7) is 1.07. The second kappa shape index (κ2) is 4.73. The fourth-order valence-electron chi connectivity index (χ4n) is 2.30. The van der Waals surface area contributed by atoms with Gasteiger partial charge in [-0.2, -0.15) is 0 Å². The highest BCUT2D eigenvalue weighted by Gasteiger charge is 2.24. The standard InChI is InChI=1S/C12H17FN2/c1-14-12(11-6-3-7-15-11)9-4-2-5-10(13)8-9/h2,4-5,8,11-12,14-15H,3,6-7H2,1H3. The summed E-state index contributed by atoms with van der Waals surface area (Å²) < 4.78 is 13.1. The van der Waals surface area contributed by atoms with Crippen molar-refractivity contribution in [3.05, 3.63) is 35.6 Å². The Balaban J connectivity index is 2.18. The van der Waals surface area contributed by atoms with Crippen LogP contribution in [0.5, 0.6) is 0 Å². The minimum Gasteiger partial charge on any atom is -0.312 e. The van der Waals surface area contributed by atoms with Gasteiger partial charge in [-0.3, -0.25) is 0 Å². The zero-order valence-electron chi connectivity index (χ0n) is 8.96. The lowest BCUT2D eigenvalue weighted by Crippen LogP contribution is -2.36. The minimum atomic E-state index is -0.161. The molecule has 2 atom stereocenters. The van der Waals surface area contributed by atoms with Gasteiger partial charge >= 0.3 is 0 Å². The second-order valence-electron chi connectivity index (χ2n) is 4.02. The second-order valence-corrected chi connectivity index (χ2v) is 4.02. The average molecular weight is 208 g/mol. The molecule has 1 aliphatic heterocycles. The van der Waals surface area contributed by atoms with Gasteiger partial charge in [-0.25, -0.2) is 4.39 Å². The van der Waals surface area contributed by atoms with Crippen LogP contribution in [0, 0.1) is 5.82 Å². The summed E-state index contributed by atoms with van der Waals surface area (Å²) in [6.07, 6.45) is 2.36. The maximum atomic E-state index is 13.1. The van der Waals surface area contributed by atoms with Crippen molar-refractivity contribution in [3.63, 3.8) is 0 Å². The summed E-state index contributed by atoms with van der Waals surface area (Å²) in [4.78, 5) is 0. The third-order valence-electron chi connectivity index (χ3n) is 3.02. The molecule has 1 fully saturated rings. The first-order valence-corrected chi connectivity index (χ1v) is 5.47. The first-order valence-electron chi connectivity index (χ1n) is 5.47. The molecule has 0 bridgehead atoms. The number of likely N-dealkylation sites (N-methyl/N-ethyl adjacent to an activating group) is 1. The van der Waals surface area contributed by atoms with Crippen LogP contribution in [-0.2, 0) is 0 Å². The Morgan fingerprint density at radius 3 is 3.00 bits per heavy atom. The zero-order valence-corrected chi connectivity index (χ0v) is 8.96. The summed E-state index contributed by atoms with van der Waals surface area (Å²) in [5.41, 5.74) is 1.02. The maximum Gasteiger partial charge on any atom is 0.123 e. The molecule has 0 radical (unpaired) electrons. The normalized spacial score (nSPS) is 22.9. The van der Waals surface area contributed by atoms with Crippen LogP contribution < -0.4 is 10.6 Å². The molecular formula is C12H17FN2. The third-order valence-corrected chi connectivity index (χ3v) is 3.02. The molecule has 1 aromatic carbocycles. The van der Waals surface area contributed by atoms with Gasteiger partial charge in [0.05, 0.1) is 0 Å². The fourth-order valence-corrected chi connectivity index (χ4v) is 2.30. The molecule has 0 aliphatic carbocycles. The lowest BCUT2D eigenvalue weighted by Gasteiger charge is -2.23. The molecule has 2 nitrogen and oxygen atoms in total. The Labute approximate surface area is 89.9 Å². The largest absolute Gasteiger partial charge is 0.312 e. The molecule has 1 aromatic rings. The number of nitrogens with one attached hydrogen (secondary N) is 2. The molecule has 3 heteroatoms. The molecule has 2 rings (SSSR count). The fraction of sp³-hybridized carbons (Fsp3) is 0.500. The van der Waals surface area contributed by atoms with E-state index in [4.69, 9.17) is 0 Å².